The quantitative estimate of drug-likeness (QED) is 0.193. The van der Waals surface area contributed by atoms with Gasteiger partial charge in [-0.1, -0.05) is 121 Å². The lowest BCUT2D eigenvalue weighted by Gasteiger charge is -2.18. The highest BCUT2D eigenvalue weighted by Gasteiger charge is 2.21. The SMILES string of the molecule is c1ccc(-c2ccc3oc4cccc(-c5c6ccccc6c(-c6ccc7oc8ccccc8c7c6)c6ccccc56)c4c3c2)cc1. The molecule has 2 heterocycles. The number of hydrogen-bond acceptors (Lipinski definition) is 2. The maximum atomic E-state index is 6.48. The Morgan fingerprint density at radius 2 is 0.804 bits per heavy atom. The van der Waals surface area contributed by atoms with Gasteiger partial charge in [-0.25, -0.2) is 0 Å². The van der Waals surface area contributed by atoms with Crippen molar-refractivity contribution in [2.24, 2.45) is 0 Å². The Morgan fingerprint density at radius 1 is 0.283 bits per heavy atom. The normalized spacial score (nSPS) is 11.9. The van der Waals surface area contributed by atoms with Gasteiger partial charge in [0.2, 0.25) is 0 Å². The number of benzene rings is 8. The van der Waals surface area contributed by atoms with Crippen molar-refractivity contribution in [1.29, 1.82) is 0 Å². The van der Waals surface area contributed by atoms with E-state index in [0.717, 1.165) is 43.9 Å². The van der Waals surface area contributed by atoms with Crippen LogP contribution in [0, 0.1) is 0 Å². The second-order valence-corrected chi connectivity index (χ2v) is 12.0. The zero-order valence-corrected chi connectivity index (χ0v) is 24.8. The predicted molar refractivity (Wildman–Crippen MR) is 192 cm³/mol. The van der Waals surface area contributed by atoms with Gasteiger partial charge in [-0.05, 0) is 91.3 Å². The Kier molecular flexibility index (Phi) is 5.31. The summed E-state index contributed by atoms with van der Waals surface area (Å²) in [5, 5.41) is 9.42. The van der Waals surface area contributed by atoms with Gasteiger partial charge in [0.05, 0.1) is 0 Å². The van der Waals surface area contributed by atoms with E-state index in [2.05, 4.69) is 146 Å². The van der Waals surface area contributed by atoms with Gasteiger partial charge in [0.15, 0.2) is 0 Å². The third-order valence-corrected chi connectivity index (χ3v) is 9.47. The van der Waals surface area contributed by atoms with Gasteiger partial charge in [0.1, 0.15) is 22.3 Å². The van der Waals surface area contributed by atoms with Crippen molar-refractivity contribution in [3.05, 3.63) is 158 Å². The molecule has 0 radical (unpaired) electrons. The molecular weight excluding hydrogens is 560 g/mol. The van der Waals surface area contributed by atoms with Crippen LogP contribution in [0.1, 0.15) is 0 Å². The van der Waals surface area contributed by atoms with Gasteiger partial charge >= 0.3 is 0 Å². The van der Waals surface area contributed by atoms with E-state index in [0.29, 0.717) is 0 Å². The summed E-state index contributed by atoms with van der Waals surface area (Å²) in [6, 6.07) is 56.1. The molecule has 10 aromatic rings. The monoisotopic (exact) mass is 586 g/mol. The third kappa shape index (κ3) is 3.65. The molecule has 0 atom stereocenters. The Labute approximate surface area is 264 Å². The summed E-state index contributed by atoms with van der Waals surface area (Å²) in [5.41, 5.74) is 10.8. The first kappa shape index (κ1) is 25.2. The van der Waals surface area contributed by atoms with Crippen LogP contribution in [0.4, 0.5) is 0 Å². The summed E-state index contributed by atoms with van der Waals surface area (Å²) in [7, 11) is 0. The zero-order valence-electron chi connectivity index (χ0n) is 24.8. The van der Waals surface area contributed by atoms with Gasteiger partial charge < -0.3 is 8.83 Å². The molecule has 0 amide bonds. The van der Waals surface area contributed by atoms with Crippen LogP contribution in [0.25, 0.3) is 98.8 Å². The molecule has 0 saturated carbocycles. The summed E-state index contributed by atoms with van der Waals surface area (Å²) >= 11 is 0. The molecule has 46 heavy (non-hydrogen) atoms. The molecule has 10 rings (SSSR count). The summed E-state index contributed by atoms with van der Waals surface area (Å²) in [5.74, 6) is 0. The van der Waals surface area contributed by atoms with E-state index in [-0.39, 0.29) is 0 Å². The zero-order chi connectivity index (χ0) is 30.2. The summed E-state index contributed by atoms with van der Waals surface area (Å²) in [4.78, 5) is 0. The molecule has 214 valence electrons. The van der Waals surface area contributed by atoms with Crippen molar-refractivity contribution >= 4 is 65.4 Å². The van der Waals surface area contributed by atoms with E-state index in [4.69, 9.17) is 8.83 Å². The maximum Gasteiger partial charge on any atom is 0.136 e. The number of fused-ring (bicyclic) bond motifs is 8. The molecule has 2 heteroatoms. The fraction of sp³-hybridized carbons (Fsp3) is 0. The average molecular weight is 587 g/mol. The Balaban J connectivity index is 1.30. The minimum absolute atomic E-state index is 0.896. The van der Waals surface area contributed by atoms with Gasteiger partial charge in [-0.2, -0.15) is 0 Å². The molecule has 0 N–H and O–H groups in total. The molecule has 0 bridgehead atoms. The van der Waals surface area contributed by atoms with Crippen molar-refractivity contribution in [3.8, 4) is 33.4 Å². The van der Waals surface area contributed by atoms with E-state index in [1.807, 2.05) is 12.1 Å². The van der Waals surface area contributed by atoms with Crippen molar-refractivity contribution in [2.45, 2.75) is 0 Å². The lowest BCUT2D eigenvalue weighted by atomic mass is 9.84. The van der Waals surface area contributed by atoms with Gasteiger partial charge in [-0.15, -0.1) is 0 Å². The van der Waals surface area contributed by atoms with E-state index < -0.39 is 0 Å². The van der Waals surface area contributed by atoms with Gasteiger partial charge in [0, 0.05) is 21.5 Å². The topological polar surface area (TPSA) is 26.3 Å². The summed E-state index contributed by atoms with van der Waals surface area (Å²) in [6.45, 7) is 0. The number of hydrogen-bond donors (Lipinski definition) is 0. The first-order chi connectivity index (χ1) is 22.8. The standard InChI is InChI=1S/C44H26O2/c1-2-11-27(12-3-1)28-21-23-40-37(25-28)44-35(18-10-20-41(44)46-40)43-33-16-6-4-14-31(33)42(32-15-5-7-17-34(32)43)29-22-24-39-36(26-29)30-13-8-9-19-38(30)45-39/h1-26H. The van der Waals surface area contributed by atoms with Crippen molar-refractivity contribution in [1.82, 2.24) is 0 Å². The molecule has 0 aliphatic rings. The Hall–Kier alpha value is -6.12. The van der Waals surface area contributed by atoms with Crippen LogP contribution in [0.5, 0.6) is 0 Å². The van der Waals surface area contributed by atoms with Crippen LogP contribution >= 0.6 is 0 Å². The molecule has 0 aliphatic carbocycles. The van der Waals surface area contributed by atoms with E-state index >= 15 is 0 Å². The summed E-state index contributed by atoms with van der Waals surface area (Å²) < 4.78 is 12.7. The lowest BCUT2D eigenvalue weighted by Crippen LogP contribution is -1.91. The fourth-order valence-corrected chi connectivity index (χ4v) is 7.46. The molecule has 0 aliphatic heterocycles. The van der Waals surface area contributed by atoms with Crippen LogP contribution in [0.15, 0.2) is 167 Å². The second kappa shape index (κ2) is 9.69. The van der Waals surface area contributed by atoms with Gasteiger partial charge in [-0.3, -0.25) is 0 Å². The molecule has 0 unspecified atom stereocenters. The van der Waals surface area contributed by atoms with Crippen LogP contribution < -0.4 is 0 Å². The van der Waals surface area contributed by atoms with Crippen molar-refractivity contribution in [2.75, 3.05) is 0 Å². The molecule has 0 fully saturated rings. The van der Waals surface area contributed by atoms with Crippen LogP contribution in [-0.2, 0) is 0 Å². The van der Waals surface area contributed by atoms with Crippen LogP contribution in [-0.4, -0.2) is 0 Å². The predicted octanol–water partition coefficient (Wildman–Crippen LogP) is 12.8. The van der Waals surface area contributed by atoms with Crippen LogP contribution in [0.2, 0.25) is 0 Å². The molecule has 0 spiro atoms. The molecule has 2 aromatic heterocycles. The maximum absolute atomic E-state index is 6.48. The fourth-order valence-electron chi connectivity index (χ4n) is 7.46. The molecular formula is C44H26O2. The molecule has 8 aromatic carbocycles. The highest BCUT2D eigenvalue weighted by atomic mass is 16.3. The second-order valence-electron chi connectivity index (χ2n) is 12.0. The number of furan rings is 2. The highest BCUT2D eigenvalue weighted by molar-refractivity contribution is 6.26. The minimum Gasteiger partial charge on any atom is -0.456 e. The third-order valence-electron chi connectivity index (χ3n) is 9.47. The Bertz CT molecular complexity index is 2740. The minimum atomic E-state index is 0.896. The Morgan fingerprint density at radius 3 is 1.54 bits per heavy atom. The largest absolute Gasteiger partial charge is 0.456 e. The summed E-state index contributed by atoms with van der Waals surface area (Å²) in [6.07, 6.45) is 0. The van der Waals surface area contributed by atoms with E-state index in [9.17, 15) is 0 Å². The van der Waals surface area contributed by atoms with Gasteiger partial charge in [0.25, 0.3) is 0 Å². The van der Waals surface area contributed by atoms with Crippen molar-refractivity contribution in [3.63, 3.8) is 0 Å². The molecule has 0 saturated heterocycles. The van der Waals surface area contributed by atoms with Crippen molar-refractivity contribution < 1.29 is 8.83 Å². The van der Waals surface area contributed by atoms with E-state index in [1.54, 1.807) is 0 Å². The first-order valence-corrected chi connectivity index (χ1v) is 15.7. The lowest BCUT2D eigenvalue weighted by molar-refractivity contribution is 0.668. The number of rotatable bonds is 3. The number of para-hydroxylation sites is 1. The highest BCUT2D eigenvalue weighted by Crippen LogP contribution is 2.47. The first-order valence-electron chi connectivity index (χ1n) is 15.7. The van der Waals surface area contributed by atoms with Crippen LogP contribution in [0.3, 0.4) is 0 Å². The average Bonchev–Trinajstić information content (AvgIpc) is 3.69. The molecule has 2 nitrogen and oxygen atoms in total. The smallest absolute Gasteiger partial charge is 0.136 e. The van der Waals surface area contributed by atoms with E-state index in [1.165, 1.54) is 54.9 Å².